The van der Waals surface area contributed by atoms with Gasteiger partial charge in [-0.25, -0.2) is 4.68 Å². The van der Waals surface area contributed by atoms with E-state index in [2.05, 4.69) is 41.2 Å². The SMILES string of the molecule is Cc1ccccc1CN1CCCN(C(=O)c2nn(C)c(=O)c3ccccc23)CC1. The lowest BCUT2D eigenvalue weighted by Crippen LogP contribution is -2.37. The molecule has 0 saturated carbocycles. The molecule has 0 spiro atoms. The van der Waals surface area contributed by atoms with E-state index < -0.39 is 0 Å². The van der Waals surface area contributed by atoms with Crippen molar-refractivity contribution in [2.45, 2.75) is 19.9 Å². The highest BCUT2D eigenvalue weighted by atomic mass is 16.2. The third kappa shape index (κ3) is 3.93. The van der Waals surface area contributed by atoms with E-state index in [1.54, 1.807) is 19.2 Å². The number of carbonyl (C=O) groups is 1. The van der Waals surface area contributed by atoms with Gasteiger partial charge in [0.15, 0.2) is 5.69 Å². The Kier molecular flexibility index (Phi) is 5.45. The lowest BCUT2D eigenvalue weighted by atomic mass is 10.1. The van der Waals surface area contributed by atoms with Crippen LogP contribution in [-0.4, -0.2) is 51.7 Å². The average Bonchev–Trinajstić information content (AvgIpc) is 2.97. The molecule has 3 aromatic rings. The number of rotatable bonds is 3. The van der Waals surface area contributed by atoms with E-state index in [9.17, 15) is 9.59 Å². The minimum atomic E-state index is -0.183. The molecule has 1 aliphatic heterocycles. The summed E-state index contributed by atoms with van der Waals surface area (Å²) in [4.78, 5) is 29.9. The van der Waals surface area contributed by atoms with Crippen LogP contribution in [0.5, 0.6) is 0 Å². The summed E-state index contributed by atoms with van der Waals surface area (Å²) in [7, 11) is 1.60. The molecule has 2 aromatic carbocycles. The number of carbonyl (C=O) groups excluding carboxylic acids is 1. The Labute approximate surface area is 170 Å². The summed E-state index contributed by atoms with van der Waals surface area (Å²) in [5.41, 5.74) is 2.80. The number of fused-ring (bicyclic) bond motifs is 1. The Balaban J connectivity index is 1.54. The van der Waals surface area contributed by atoms with Crippen molar-refractivity contribution in [3.8, 4) is 0 Å². The molecule has 4 rings (SSSR count). The van der Waals surface area contributed by atoms with Gasteiger partial charge in [-0.3, -0.25) is 14.5 Å². The molecule has 1 saturated heterocycles. The van der Waals surface area contributed by atoms with Crippen LogP contribution in [0.15, 0.2) is 53.3 Å². The highest BCUT2D eigenvalue weighted by molar-refractivity contribution is 6.04. The fraction of sp³-hybridized carbons (Fsp3) is 0.348. The molecule has 0 atom stereocenters. The van der Waals surface area contributed by atoms with E-state index in [-0.39, 0.29) is 11.5 Å². The Hall–Kier alpha value is -2.99. The molecular weight excluding hydrogens is 364 g/mol. The molecule has 2 heterocycles. The first kappa shape index (κ1) is 19.3. The van der Waals surface area contributed by atoms with Gasteiger partial charge in [0.2, 0.25) is 0 Å². The predicted octanol–water partition coefficient (Wildman–Crippen LogP) is 2.59. The van der Waals surface area contributed by atoms with Crippen LogP contribution in [-0.2, 0) is 13.6 Å². The first-order valence-corrected chi connectivity index (χ1v) is 10.1. The minimum Gasteiger partial charge on any atom is -0.336 e. The molecule has 29 heavy (non-hydrogen) atoms. The summed E-state index contributed by atoms with van der Waals surface area (Å²) in [6.45, 7) is 6.17. The number of amides is 1. The quantitative estimate of drug-likeness (QED) is 0.690. The molecule has 6 heteroatoms. The van der Waals surface area contributed by atoms with Crippen molar-refractivity contribution in [3.63, 3.8) is 0 Å². The van der Waals surface area contributed by atoms with Gasteiger partial charge in [0.1, 0.15) is 0 Å². The number of nitrogens with zero attached hydrogens (tertiary/aromatic N) is 4. The van der Waals surface area contributed by atoms with Gasteiger partial charge in [0.05, 0.1) is 5.39 Å². The molecule has 1 aliphatic rings. The second-order valence-corrected chi connectivity index (χ2v) is 7.67. The van der Waals surface area contributed by atoms with Crippen molar-refractivity contribution in [3.05, 3.63) is 75.7 Å². The molecule has 0 radical (unpaired) electrons. The van der Waals surface area contributed by atoms with E-state index in [0.717, 1.165) is 26.1 Å². The molecule has 150 valence electrons. The molecule has 1 aromatic heterocycles. The van der Waals surface area contributed by atoms with Crippen LogP contribution in [0.3, 0.4) is 0 Å². The third-order valence-electron chi connectivity index (χ3n) is 5.69. The minimum absolute atomic E-state index is 0.102. The maximum Gasteiger partial charge on any atom is 0.274 e. The van der Waals surface area contributed by atoms with Crippen molar-refractivity contribution >= 4 is 16.7 Å². The predicted molar refractivity (Wildman–Crippen MR) is 114 cm³/mol. The lowest BCUT2D eigenvalue weighted by Gasteiger charge is -2.23. The molecule has 1 amide bonds. The fourth-order valence-corrected chi connectivity index (χ4v) is 3.97. The monoisotopic (exact) mass is 390 g/mol. The van der Waals surface area contributed by atoms with Gasteiger partial charge < -0.3 is 4.90 Å². The number of hydrogen-bond acceptors (Lipinski definition) is 4. The molecule has 6 nitrogen and oxygen atoms in total. The maximum absolute atomic E-state index is 13.3. The van der Waals surface area contributed by atoms with E-state index in [1.807, 2.05) is 17.0 Å². The molecule has 0 bridgehead atoms. The van der Waals surface area contributed by atoms with Crippen LogP contribution in [0.2, 0.25) is 0 Å². The largest absolute Gasteiger partial charge is 0.336 e. The second kappa shape index (κ2) is 8.17. The van der Waals surface area contributed by atoms with Crippen molar-refractivity contribution in [1.82, 2.24) is 19.6 Å². The van der Waals surface area contributed by atoms with Gasteiger partial charge in [-0.15, -0.1) is 0 Å². The van der Waals surface area contributed by atoms with E-state index in [4.69, 9.17) is 0 Å². The van der Waals surface area contributed by atoms with Crippen molar-refractivity contribution < 1.29 is 4.79 Å². The van der Waals surface area contributed by atoms with E-state index >= 15 is 0 Å². The Morgan fingerprint density at radius 2 is 1.69 bits per heavy atom. The van der Waals surface area contributed by atoms with Crippen LogP contribution in [0.25, 0.3) is 10.8 Å². The number of aromatic nitrogens is 2. The highest BCUT2D eigenvalue weighted by Crippen LogP contribution is 2.17. The summed E-state index contributed by atoms with van der Waals surface area (Å²) < 4.78 is 1.26. The first-order chi connectivity index (χ1) is 14.0. The van der Waals surface area contributed by atoms with Crippen LogP contribution in [0.1, 0.15) is 28.0 Å². The summed E-state index contributed by atoms with van der Waals surface area (Å²) in [5.74, 6) is -0.102. The van der Waals surface area contributed by atoms with Crippen LogP contribution in [0.4, 0.5) is 0 Å². The van der Waals surface area contributed by atoms with E-state index in [0.29, 0.717) is 29.6 Å². The summed E-state index contributed by atoms with van der Waals surface area (Å²) in [6.07, 6.45) is 0.918. The van der Waals surface area contributed by atoms with Gasteiger partial charge >= 0.3 is 0 Å². The van der Waals surface area contributed by atoms with Gasteiger partial charge in [-0.2, -0.15) is 5.10 Å². The second-order valence-electron chi connectivity index (χ2n) is 7.67. The number of hydrogen-bond donors (Lipinski definition) is 0. The van der Waals surface area contributed by atoms with Gasteiger partial charge in [-0.1, -0.05) is 42.5 Å². The Morgan fingerprint density at radius 3 is 2.48 bits per heavy atom. The van der Waals surface area contributed by atoms with Crippen LogP contribution < -0.4 is 5.56 Å². The topological polar surface area (TPSA) is 58.4 Å². The molecule has 0 unspecified atom stereocenters. The normalized spacial score (nSPS) is 15.4. The number of benzene rings is 2. The van der Waals surface area contributed by atoms with Crippen LogP contribution in [0, 0.1) is 6.92 Å². The summed E-state index contributed by atoms with van der Waals surface area (Å²) >= 11 is 0. The highest BCUT2D eigenvalue weighted by Gasteiger charge is 2.24. The van der Waals surface area contributed by atoms with Gasteiger partial charge in [-0.05, 0) is 30.5 Å². The Bertz CT molecular complexity index is 1110. The van der Waals surface area contributed by atoms with Crippen molar-refractivity contribution in [2.24, 2.45) is 7.05 Å². The first-order valence-electron chi connectivity index (χ1n) is 10.1. The molecule has 0 N–H and O–H groups in total. The van der Waals surface area contributed by atoms with Crippen LogP contribution >= 0.6 is 0 Å². The van der Waals surface area contributed by atoms with Gasteiger partial charge in [0.25, 0.3) is 11.5 Å². The van der Waals surface area contributed by atoms with E-state index in [1.165, 1.54) is 15.8 Å². The third-order valence-corrected chi connectivity index (χ3v) is 5.69. The van der Waals surface area contributed by atoms with Crippen molar-refractivity contribution in [2.75, 3.05) is 26.2 Å². The zero-order valence-corrected chi connectivity index (χ0v) is 17.0. The summed E-state index contributed by atoms with van der Waals surface area (Å²) in [6, 6.07) is 15.7. The lowest BCUT2D eigenvalue weighted by molar-refractivity contribution is 0.0755. The van der Waals surface area contributed by atoms with Gasteiger partial charge in [0, 0.05) is 45.2 Å². The number of aryl methyl sites for hydroxylation is 2. The molecule has 1 fully saturated rings. The zero-order valence-electron chi connectivity index (χ0n) is 17.0. The molecular formula is C23H26N4O2. The standard InChI is InChI=1S/C23H26N4O2/c1-17-8-3-4-9-18(17)16-26-12-7-13-27(15-14-26)23(29)21-19-10-5-6-11-20(19)22(28)25(2)24-21/h3-6,8-11H,7,12-16H2,1-2H3. The fourth-order valence-electron chi connectivity index (χ4n) is 3.97. The smallest absolute Gasteiger partial charge is 0.274 e. The maximum atomic E-state index is 13.3. The average molecular weight is 390 g/mol. The molecule has 0 aliphatic carbocycles. The Morgan fingerprint density at radius 1 is 0.966 bits per heavy atom. The van der Waals surface area contributed by atoms with Crippen molar-refractivity contribution in [1.29, 1.82) is 0 Å². The summed E-state index contributed by atoms with van der Waals surface area (Å²) in [5, 5.41) is 5.46. The zero-order chi connectivity index (χ0) is 20.4.